The molecule has 0 spiro atoms. The first-order chi connectivity index (χ1) is 11.2. The van der Waals surface area contributed by atoms with E-state index in [4.69, 9.17) is 4.74 Å². The molecule has 3 rings (SSSR count). The highest BCUT2D eigenvalue weighted by Crippen LogP contribution is 2.28. The van der Waals surface area contributed by atoms with Gasteiger partial charge in [-0.15, -0.1) is 0 Å². The van der Waals surface area contributed by atoms with Gasteiger partial charge in [0.1, 0.15) is 5.75 Å². The Bertz CT molecular complexity index is 556. The first-order valence-corrected chi connectivity index (χ1v) is 8.38. The number of nitrogens with zero attached hydrogens (tertiary/aromatic N) is 1. The van der Waals surface area contributed by atoms with Gasteiger partial charge in [0.15, 0.2) is 5.78 Å². The minimum absolute atomic E-state index is 0.0151. The highest BCUT2D eigenvalue weighted by molar-refractivity contribution is 5.98. The number of carbonyl (C=O) groups excluding carboxylic acids is 2. The Morgan fingerprint density at radius 3 is 2.61 bits per heavy atom. The SMILES string of the molecule is COc1ccc(C(=O)CCC(=O)N2C3CCNCC2CC3)cc1. The van der Waals surface area contributed by atoms with Crippen molar-refractivity contribution >= 4 is 11.7 Å². The van der Waals surface area contributed by atoms with Gasteiger partial charge in [0, 0.05) is 37.0 Å². The van der Waals surface area contributed by atoms with Gasteiger partial charge in [-0.05, 0) is 50.1 Å². The molecule has 2 fully saturated rings. The van der Waals surface area contributed by atoms with Crippen LogP contribution in [-0.4, -0.2) is 48.9 Å². The van der Waals surface area contributed by atoms with E-state index in [9.17, 15) is 9.59 Å². The molecule has 2 heterocycles. The van der Waals surface area contributed by atoms with Gasteiger partial charge < -0.3 is 15.0 Å². The van der Waals surface area contributed by atoms with Gasteiger partial charge in [0.2, 0.25) is 5.91 Å². The van der Waals surface area contributed by atoms with E-state index in [0.717, 1.165) is 38.1 Å². The molecule has 1 aromatic carbocycles. The maximum atomic E-state index is 12.6. The Morgan fingerprint density at radius 1 is 1.13 bits per heavy atom. The van der Waals surface area contributed by atoms with E-state index < -0.39 is 0 Å². The van der Waals surface area contributed by atoms with Crippen LogP contribution in [0.4, 0.5) is 0 Å². The minimum Gasteiger partial charge on any atom is -0.497 e. The summed E-state index contributed by atoms with van der Waals surface area (Å²) in [5.74, 6) is 0.871. The van der Waals surface area contributed by atoms with Crippen molar-refractivity contribution in [1.82, 2.24) is 10.2 Å². The number of fused-ring (bicyclic) bond motifs is 2. The molecule has 0 aromatic heterocycles. The Balaban J connectivity index is 1.56. The van der Waals surface area contributed by atoms with Gasteiger partial charge in [-0.1, -0.05) is 0 Å². The minimum atomic E-state index is 0.0151. The van der Waals surface area contributed by atoms with Crippen LogP contribution in [0, 0.1) is 0 Å². The fraction of sp³-hybridized carbons (Fsp3) is 0.556. The molecule has 2 aliphatic rings. The van der Waals surface area contributed by atoms with Crippen LogP contribution in [0.25, 0.3) is 0 Å². The molecule has 2 bridgehead atoms. The topological polar surface area (TPSA) is 58.6 Å². The maximum absolute atomic E-state index is 12.6. The lowest BCUT2D eigenvalue weighted by Crippen LogP contribution is -2.42. The summed E-state index contributed by atoms with van der Waals surface area (Å²) in [5, 5.41) is 3.39. The van der Waals surface area contributed by atoms with Crippen molar-refractivity contribution in [2.45, 2.75) is 44.2 Å². The zero-order valence-corrected chi connectivity index (χ0v) is 13.6. The molecule has 2 unspecified atom stereocenters. The standard InChI is InChI=1S/C18H24N2O3/c1-23-16-6-2-13(3-7-16)17(21)8-9-18(22)20-14-4-5-15(20)12-19-11-10-14/h2-3,6-7,14-15,19H,4-5,8-12H2,1H3. The lowest BCUT2D eigenvalue weighted by Gasteiger charge is -2.27. The summed E-state index contributed by atoms with van der Waals surface area (Å²) in [4.78, 5) is 26.9. The number of hydrogen-bond acceptors (Lipinski definition) is 4. The van der Waals surface area contributed by atoms with Crippen molar-refractivity contribution < 1.29 is 14.3 Å². The second-order valence-electron chi connectivity index (χ2n) is 6.33. The number of hydrogen-bond donors (Lipinski definition) is 1. The molecule has 23 heavy (non-hydrogen) atoms. The quantitative estimate of drug-likeness (QED) is 0.844. The zero-order chi connectivity index (χ0) is 16.2. The third-order valence-electron chi connectivity index (χ3n) is 4.92. The summed E-state index contributed by atoms with van der Waals surface area (Å²) in [6.07, 6.45) is 3.78. The predicted molar refractivity (Wildman–Crippen MR) is 87.7 cm³/mol. The number of ether oxygens (including phenoxy) is 1. The van der Waals surface area contributed by atoms with Crippen LogP contribution in [0.1, 0.15) is 42.5 Å². The summed E-state index contributed by atoms with van der Waals surface area (Å²) < 4.78 is 5.09. The third-order valence-corrected chi connectivity index (χ3v) is 4.92. The maximum Gasteiger partial charge on any atom is 0.223 e. The molecule has 2 saturated heterocycles. The van der Waals surface area contributed by atoms with E-state index in [1.807, 2.05) is 4.90 Å². The van der Waals surface area contributed by atoms with Crippen LogP contribution in [-0.2, 0) is 4.79 Å². The van der Waals surface area contributed by atoms with Crippen molar-refractivity contribution in [1.29, 1.82) is 0 Å². The van der Waals surface area contributed by atoms with Gasteiger partial charge in [-0.25, -0.2) is 0 Å². The summed E-state index contributed by atoms with van der Waals surface area (Å²) in [6.45, 7) is 1.87. The average molecular weight is 316 g/mol. The lowest BCUT2D eigenvalue weighted by molar-refractivity contribution is -0.133. The van der Waals surface area contributed by atoms with Crippen molar-refractivity contribution in [3.63, 3.8) is 0 Å². The molecule has 1 aromatic rings. The number of rotatable bonds is 5. The Kier molecular flexibility index (Phi) is 4.96. The molecule has 1 N–H and O–H groups in total. The fourth-order valence-electron chi connectivity index (χ4n) is 3.66. The lowest BCUT2D eigenvalue weighted by atomic mass is 10.1. The molecule has 0 radical (unpaired) electrons. The molecule has 2 atom stereocenters. The van der Waals surface area contributed by atoms with Gasteiger partial charge in [0.25, 0.3) is 0 Å². The molecule has 5 nitrogen and oxygen atoms in total. The monoisotopic (exact) mass is 316 g/mol. The van der Waals surface area contributed by atoms with Crippen LogP contribution in [0.2, 0.25) is 0 Å². The summed E-state index contributed by atoms with van der Waals surface area (Å²) in [7, 11) is 1.60. The molecular formula is C18H24N2O3. The van der Waals surface area contributed by atoms with Gasteiger partial charge in [-0.2, -0.15) is 0 Å². The largest absolute Gasteiger partial charge is 0.497 e. The second kappa shape index (κ2) is 7.13. The van der Waals surface area contributed by atoms with Crippen LogP contribution in [0.15, 0.2) is 24.3 Å². The third kappa shape index (κ3) is 3.55. The van der Waals surface area contributed by atoms with Crippen LogP contribution in [0.3, 0.4) is 0 Å². The van der Waals surface area contributed by atoms with E-state index >= 15 is 0 Å². The van der Waals surface area contributed by atoms with Crippen molar-refractivity contribution in [3.8, 4) is 5.75 Å². The van der Waals surface area contributed by atoms with Gasteiger partial charge in [0.05, 0.1) is 7.11 Å². The van der Waals surface area contributed by atoms with Crippen LogP contribution in [0.5, 0.6) is 5.75 Å². The summed E-state index contributed by atoms with van der Waals surface area (Å²) in [6, 6.07) is 7.73. The number of ketones is 1. The predicted octanol–water partition coefficient (Wildman–Crippen LogP) is 2.01. The highest BCUT2D eigenvalue weighted by atomic mass is 16.5. The molecule has 0 aliphatic carbocycles. The number of methoxy groups -OCH3 is 1. The Morgan fingerprint density at radius 2 is 1.87 bits per heavy atom. The summed E-state index contributed by atoms with van der Waals surface area (Å²) in [5.41, 5.74) is 0.638. The smallest absolute Gasteiger partial charge is 0.223 e. The zero-order valence-electron chi connectivity index (χ0n) is 13.6. The molecule has 5 heteroatoms. The number of nitrogens with one attached hydrogen (secondary N) is 1. The van der Waals surface area contributed by atoms with E-state index in [-0.39, 0.29) is 18.1 Å². The molecule has 2 aliphatic heterocycles. The average Bonchev–Trinajstić information content (AvgIpc) is 2.85. The van der Waals surface area contributed by atoms with Crippen molar-refractivity contribution in [3.05, 3.63) is 29.8 Å². The Hall–Kier alpha value is -1.88. The van der Waals surface area contributed by atoms with Crippen molar-refractivity contribution in [2.24, 2.45) is 0 Å². The van der Waals surface area contributed by atoms with E-state index in [2.05, 4.69) is 5.32 Å². The number of carbonyl (C=O) groups is 2. The Labute approximate surface area is 137 Å². The van der Waals surface area contributed by atoms with E-state index in [1.54, 1.807) is 31.4 Å². The first-order valence-electron chi connectivity index (χ1n) is 8.38. The fourth-order valence-corrected chi connectivity index (χ4v) is 3.66. The van der Waals surface area contributed by atoms with Crippen molar-refractivity contribution in [2.75, 3.05) is 20.2 Å². The number of Topliss-reactive ketones (excluding diaryl/α,β-unsaturated/α-hetero) is 1. The molecule has 0 saturated carbocycles. The van der Waals surface area contributed by atoms with E-state index in [0.29, 0.717) is 24.1 Å². The van der Waals surface area contributed by atoms with E-state index in [1.165, 1.54) is 0 Å². The van der Waals surface area contributed by atoms with Crippen LogP contribution >= 0.6 is 0 Å². The normalized spacial score (nSPS) is 23.4. The number of amides is 1. The first kappa shape index (κ1) is 16.0. The van der Waals surface area contributed by atoms with Crippen LogP contribution < -0.4 is 10.1 Å². The molecule has 124 valence electrons. The summed E-state index contributed by atoms with van der Waals surface area (Å²) >= 11 is 0. The molecular weight excluding hydrogens is 292 g/mol. The van der Waals surface area contributed by atoms with Gasteiger partial charge >= 0.3 is 0 Å². The second-order valence-corrected chi connectivity index (χ2v) is 6.33. The van der Waals surface area contributed by atoms with Gasteiger partial charge in [-0.3, -0.25) is 9.59 Å². The highest BCUT2D eigenvalue weighted by Gasteiger charge is 2.37. The molecule has 1 amide bonds. The number of benzene rings is 1.